The first-order valence-corrected chi connectivity index (χ1v) is 9.68. The normalized spacial score (nSPS) is 10.3. The van der Waals surface area contributed by atoms with Crippen LogP contribution in [0.15, 0.2) is 66.7 Å². The number of hydrogen-bond donors (Lipinski definition) is 1. The number of carbonyl (C=O) groups is 3. The zero-order valence-corrected chi connectivity index (χ0v) is 17.5. The molecule has 3 aromatic rings. The number of nitro benzene ring substituents is 1. The highest BCUT2D eigenvalue weighted by atomic mass is 16.6. The van der Waals surface area contributed by atoms with E-state index in [0.717, 1.165) is 11.1 Å². The number of esters is 1. The lowest BCUT2D eigenvalue weighted by atomic mass is 10.0. The predicted molar refractivity (Wildman–Crippen MR) is 118 cm³/mol. The number of Topliss-reactive ketones (excluding diaryl/α,β-unsaturated/α-hetero) is 1. The summed E-state index contributed by atoms with van der Waals surface area (Å²) >= 11 is 0. The zero-order chi connectivity index (χ0) is 23.3. The van der Waals surface area contributed by atoms with Gasteiger partial charge in [-0.1, -0.05) is 29.8 Å². The quantitative estimate of drug-likeness (QED) is 0.254. The fourth-order valence-electron chi connectivity index (χ4n) is 3.02. The van der Waals surface area contributed by atoms with Crippen LogP contribution in [0.5, 0.6) is 0 Å². The molecule has 0 fully saturated rings. The van der Waals surface area contributed by atoms with E-state index in [1.165, 1.54) is 36.4 Å². The number of anilines is 1. The molecule has 0 aliphatic rings. The van der Waals surface area contributed by atoms with Crippen LogP contribution < -0.4 is 5.32 Å². The number of hydrogen-bond acceptors (Lipinski definition) is 6. The summed E-state index contributed by atoms with van der Waals surface area (Å²) < 4.78 is 5.19. The molecule has 0 aliphatic carbocycles. The first-order chi connectivity index (χ1) is 15.3. The third-order valence-corrected chi connectivity index (χ3v) is 4.76. The monoisotopic (exact) mass is 432 g/mol. The number of non-ortho nitro benzene ring substituents is 1. The molecule has 8 heteroatoms. The second-order valence-corrected chi connectivity index (χ2v) is 7.12. The zero-order valence-electron chi connectivity index (χ0n) is 17.5. The summed E-state index contributed by atoms with van der Waals surface area (Å²) in [6.07, 6.45) is 0. The molecular formula is C24H20N2O6. The number of ketones is 1. The van der Waals surface area contributed by atoms with Gasteiger partial charge < -0.3 is 10.1 Å². The molecule has 3 rings (SSSR count). The minimum atomic E-state index is -0.761. The van der Waals surface area contributed by atoms with E-state index in [9.17, 15) is 24.5 Å². The van der Waals surface area contributed by atoms with Gasteiger partial charge in [-0.25, -0.2) is 4.79 Å². The van der Waals surface area contributed by atoms with Gasteiger partial charge in [-0.3, -0.25) is 19.7 Å². The lowest BCUT2D eigenvalue weighted by molar-refractivity contribution is -0.384. The largest absolute Gasteiger partial charge is 0.454 e. The van der Waals surface area contributed by atoms with Crippen LogP contribution in [0.1, 0.15) is 42.2 Å². The van der Waals surface area contributed by atoms with E-state index in [1.54, 1.807) is 25.1 Å². The van der Waals surface area contributed by atoms with Gasteiger partial charge >= 0.3 is 5.97 Å². The molecule has 0 unspecified atom stereocenters. The number of rotatable bonds is 7. The highest BCUT2D eigenvalue weighted by molar-refractivity contribution is 6.08. The van der Waals surface area contributed by atoms with Gasteiger partial charge in [0.25, 0.3) is 11.6 Å². The Labute approximate surface area is 184 Å². The maximum atomic E-state index is 12.6. The van der Waals surface area contributed by atoms with Gasteiger partial charge in [-0.15, -0.1) is 0 Å². The van der Waals surface area contributed by atoms with E-state index in [2.05, 4.69) is 5.32 Å². The molecule has 0 aliphatic heterocycles. The number of amides is 1. The molecule has 8 nitrogen and oxygen atoms in total. The number of aryl methyl sites for hydroxylation is 2. The Bertz CT molecular complexity index is 1200. The second-order valence-electron chi connectivity index (χ2n) is 7.12. The summed E-state index contributed by atoms with van der Waals surface area (Å²) in [6.45, 7) is 3.23. The number of nitro groups is 1. The second kappa shape index (κ2) is 9.65. The Kier molecular flexibility index (Phi) is 6.74. The summed E-state index contributed by atoms with van der Waals surface area (Å²) in [5, 5.41) is 13.4. The van der Waals surface area contributed by atoms with Crippen molar-refractivity contribution < 1.29 is 24.0 Å². The van der Waals surface area contributed by atoms with Gasteiger partial charge in [0.2, 0.25) is 5.78 Å². The molecule has 1 N–H and O–H groups in total. The van der Waals surface area contributed by atoms with Gasteiger partial charge in [0.1, 0.15) is 0 Å². The van der Waals surface area contributed by atoms with Crippen LogP contribution in [-0.4, -0.2) is 29.2 Å². The molecule has 3 aromatic carbocycles. The van der Waals surface area contributed by atoms with Crippen molar-refractivity contribution in [3.05, 3.63) is 105 Å². The highest BCUT2D eigenvalue weighted by Gasteiger charge is 2.18. The smallest absolute Gasteiger partial charge is 0.340 e. The van der Waals surface area contributed by atoms with Crippen LogP contribution in [0.4, 0.5) is 11.4 Å². The van der Waals surface area contributed by atoms with Crippen LogP contribution in [-0.2, 0) is 4.74 Å². The highest BCUT2D eigenvalue weighted by Crippen LogP contribution is 2.19. The molecular weight excluding hydrogens is 412 g/mol. The molecule has 32 heavy (non-hydrogen) atoms. The van der Waals surface area contributed by atoms with E-state index in [0.29, 0.717) is 5.56 Å². The van der Waals surface area contributed by atoms with Gasteiger partial charge in [-0.2, -0.15) is 0 Å². The fourth-order valence-corrected chi connectivity index (χ4v) is 3.02. The van der Waals surface area contributed by atoms with Crippen LogP contribution in [0.25, 0.3) is 0 Å². The Morgan fingerprint density at radius 3 is 2.31 bits per heavy atom. The van der Waals surface area contributed by atoms with E-state index >= 15 is 0 Å². The lowest BCUT2D eigenvalue weighted by Crippen LogP contribution is -2.18. The van der Waals surface area contributed by atoms with Crippen molar-refractivity contribution in [2.24, 2.45) is 0 Å². The summed E-state index contributed by atoms with van der Waals surface area (Å²) in [5.41, 5.74) is 2.51. The number of nitrogens with zero attached hydrogens (tertiary/aromatic N) is 1. The maximum Gasteiger partial charge on any atom is 0.340 e. The molecule has 0 radical (unpaired) electrons. The van der Waals surface area contributed by atoms with Crippen molar-refractivity contribution in [1.82, 2.24) is 0 Å². The summed E-state index contributed by atoms with van der Waals surface area (Å²) in [7, 11) is 0. The van der Waals surface area contributed by atoms with Crippen molar-refractivity contribution in [2.45, 2.75) is 13.8 Å². The minimum absolute atomic E-state index is 0.0801. The average Bonchev–Trinajstić information content (AvgIpc) is 2.79. The molecule has 0 bridgehead atoms. The maximum absolute atomic E-state index is 12.6. The van der Waals surface area contributed by atoms with Crippen molar-refractivity contribution in [2.75, 3.05) is 11.9 Å². The van der Waals surface area contributed by atoms with Gasteiger partial charge in [0.05, 0.1) is 16.2 Å². The number of ether oxygens (including phenoxy) is 1. The Morgan fingerprint density at radius 1 is 0.938 bits per heavy atom. The van der Waals surface area contributed by atoms with Crippen LogP contribution in [0, 0.1) is 24.0 Å². The minimum Gasteiger partial charge on any atom is -0.454 e. The first kappa shape index (κ1) is 22.4. The molecule has 162 valence electrons. The van der Waals surface area contributed by atoms with Gasteiger partial charge in [0, 0.05) is 23.3 Å². The Hall–Kier alpha value is -4.33. The molecule has 0 saturated heterocycles. The standard InChI is InChI=1S/C24H20N2O6/c1-15-7-8-16(2)20(13-15)22(27)14-32-24(29)19-5-3-4-6-21(19)25-23(28)17-9-11-18(12-10-17)26(30)31/h3-13H,14H2,1-2H3,(H,25,28). The van der Waals surface area contributed by atoms with E-state index < -0.39 is 23.4 Å². The average molecular weight is 432 g/mol. The molecule has 0 saturated carbocycles. The topological polar surface area (TPSA) is 116 Å². The number of carbonyl (C=O) groups excluding carboxylic acids is 3. The molecule has 0 atom stereocenters. The van der Waals surface area contributed by atoms with Crippen LogP contribution in [0.2, 0.25) is 0 Å². The summed E-state index contributed by atoms with van der Waals surface area (Å²) in [4.78, 5) is 47.8. The van der Waals surface area contributed by atoms with Crippen molar-refractivity contribution in [1.29, 1.82) is 0 Å². The number of para-hydroxylation sites is 1. The van der Waals surface area contributed by atoms with E-state index in [1.807, 2.05) is 19.1 Å². The van der Waals surface area contributed by atoms with Crippen LogP contribution in [0.3, 0.4) is 0 Å². The van der Waals surface area contributed by atoms with E-state index in [-0.39, 0.29) is 28.3 Å². The van der Waals surface area contributed by atoms with Gasteiger partial charge in [0.15, 0.2) is 6.61 Å². The SMILES string of the molecule is Cc1ccc(C)c(C(=O)COC(=O)c2ccccc2NC(=O)c2ccc([N+](=O)[O-])cc2)c1. The number of nitrogens with one attached hydrogen (secondary N) is 1. The third kappa shape index (κ3) is 5.23. The third-order valence-electron chi connectivity index (χ3n) is 4.76. The summed E-state index contributed by atoms with van der Waals surface area (Å²) in [6, 6.07) is 16.7. The van der Waals surface area contributed by atoms with Crippen molar-refractivity contribution in [3.8, 4) is 0 Å². The molecule has 0 spiro atoms. The summed E-state index contributed by atoms with van der Waals surface area (Å²) in [5.74, 6) is -1.64. The van der Waals surface area contributed by atoms with E-state index in [4.69, 9.17) is 4.74 Å². The van der Waals surface area contributed by atoms with Crippen LogP contribution >= 0.6 is 0 Å². The van der Waals surface area contributed by atoms with Gasteiger partial charge in [-0.05, 0) is 49.7 Å². The number of benzene rings is 3. The fraction of sp³-hybridized carbons (Fsp3) is 0.125. The van der Waals surface area contributed by atoms with Crippen molar-refractivity contribution in [3.63, 3.8) is 0 Å². The Morgan fingerprint density at radius 2 is 1.62 bits per heavy atom. The molecule has 0 aromatic heterocycles. The van der Waals surface area contributed by atoms with Crippen molar-refractivity contribution >= 4 is 29.0 Å². The lowest BCUT2D eigenvalue weighted by Gasteiger charge is -2.11. The Balaban J connectivity index is 1.70. The molecule has 0 heterocycles. The predicted octanol–water partition coefficient (Wildman–Crippen LogP) is 4.50. The first-order valence-electron chi connectivity index (χ1n) is 9.68. The molecule has 1 amide bonds.